The van der Waals surface area contributed by atoms with E-state index in [9.17, 15) is 13.7 Å². The molecule has 98 valence electrons. The smallest absolute Gasteiger partial charge is 0.150 e. The van der Waals surface area contributed by atoms with Crippen molar-refractivity contribution in [2.45, 2.75) is 52.4 Å². The van der Waals surface area contributed by atoms with Gasteiger partial charge in [0.05, 0.1) is 17.2 Å². The van der Waals surface area contributed by atoms with Crippen molar-refractivity contribution in [3.63, 3.8) is 0 Å². The van der Waals surface area contributed by atoms with Crippen LogP contribution in [0.1, 0.15) is 52.4 Å². The van der Waals surface area contributed by atoms with Gasteiger partial charge in [-0.15, -0.1) is 0 Å². The number of hydrogen-bond acceptors (Lipinski definition) is 3. The lowest BCUT2D eigenvalue weighted by molar-refractivity contribution is 0.214. The van der Waals surface area contributed by atoms with Gasteiger partial charge < -0.3 is 0 Å². The second-order valence-electron chi connectivity index (χ2n) is 5.48. The van der Waals surface area contributed by atoms with Crippen LogP contribution in [0.25, 0.3) is 0 Å². The molecule has 1 aliphatic rings. The molecular weight excluding hydrogens is 234 g/mol. The SMILES string of the molecule is CCCS(=O)(=O)CCC1(C#N)CCC(C)CC1. The summed E-state index contributed by atoms with van der Waals surface area (Å²) in [6.45, 7) is 4.08. The van der Waals surface area contributed by atoms with Gasteiger partial charge in [-0.25, -0.2) is 8.42 Å². The van der Waals surface area contributed by atoms with Crippen molar-refractivity contribution in [1.29, 1.82) is 5.26 Å². The first-order chi connectivity index (χ1) is 7.93. The molecule has 1 saturated carbocycles. The quantitative estimate of drug-likeness (QED) is 0.761. The van der Waals surface area contributed by atoms with Gasteiger partial charge in [-0.05, 0) is 44.4 Å². The lowest BCUT2D eigenvalue weighted by Crippen LogP contribution is -2.28. The molecule has 0 radical (unpaired) electrons. The number of nitrogens with zero attached hydrogens (tertiary/aromatic N) is 1. The van der Waals surface area contributed by atoms with E-state index in [2.05, 4.69) is 13.0 Å². The molecule has 1 fully saturated rings. The molecule has 1 rings (SSSR count). The Morgan fingerprint density at radius 3 is 2.35 bits per heavy atom. The lowest BCUT2D eigenvalue weighted by atomic mass is 9.70. The van der Waals surface area contributed by atoms with Gasteiger partial charge in [0.15, 0.2) is 0 Å². The average molecular weight is 257 g/mol. The maximum absolute atomic E-state index is 11.7. The molecule has 0 N–H and O–H groups in total. The van der Waals surface area contributed by atoms with E-state index >= 15 is 0 Å². The molecule has 0 amide bonds. The minimum atomic E-state index is -2.94. The summed E-state index contributed by atoms with van der Waals surface area (Å²) in [6, 6.07) is 2.39. The van der Waals surface area contributed by atoms with Crippen LogP contribution in [-0.4, -0.2) is 19.9 Å². The summed E-state index contributed by atoms with van der Waals surface area (Å²) in [5, 5.41) is 9.31. The van der Waals surface area contributed by atoms with Gasteiger partial charge in [0, 0.05) is 5.75 Å². The first-order valence-electron chi connectivity index (χ1n) is 6.55. The van der Waals surface area contributed by atoms with E-state index in [0.29, 0.717) is 18.8 Å². The van der Waals surface area contributed by atoms with E-state index in [1.807, 2.05) is 6.92 Å². The molecule has 0 aromatic heterocycles. The zero-order chi connectivity index (χ0) is 12.9. The van der Waals surface area contributed by atoms with E-state index in [1.54, 1.807) is 0 Å². The Morgan fingerprint density at radius 2 is 1.88 bits per heavy atom. The monoisotopic (exact) mass is 257 g/mol. The zero-order valence-electron chi connectivity index (χ0n) is 10.9. The third-order valence-electron chi connectivity index (χ3n) is 3.88. The number of nitriles is 1. The van der Waals surface area contributed by atoms with Crippen LogP contribution >= 0.6 is 0 Å². The topological polar surface area (TPSA) is 57.9 Å². The lowest BCUT2D eigenvalue weighted by Gasteiger charge is -2.33. The molecule has 0 heterocycles. The summed E-state index contributed by atoms with van der Waals surface area (Å²) in [5.41, 5.74) is -0.368. The third-order valence-corrected chi connectivity index (χ3v) is 5.73. The van der Waals surface area contributed by atoms with Crippen LogP contribution in [0.4, 0.5) is 0 Å². The molecule has 0 aromatic rings. The summed E-state index contributed by atoms with van der Waals surface area (Å²) in [5.74, 6) is 1.12. The molecule has 17 heavy (non-hydrogen) atoms. The molecule has 0 atom stereocenters. The van der Waals surface area contributed by atoms with Gasteiger partial charge in [-0.3, -0.25) is 0 Å². The van der Waals surface area contributed by atoms with Gasteiger partial charge in [-0.2, -0.15) is 5.26 Å². The van der Waals surface area contributed by atoms with Crippen LogP contribution in [0.5, 0.6) is 0 Å². The Bertz CT molecular complexity index is 373. The van der Waals surface area contributed by atoms with E-state index in [-0.39, 0.29) is 16.9 Å². The van der Waals surface area contributed by atoms with Gasteiger partial charge in [0.2, 0.25) is 0 Å². The van der Waals surface area contributed by atoms with Crippen LogP contribution in [-0.2, 0) is 9.84 Å². The Labute approximate surface area is 105 Å². The summed E-state index contributed by atoms with van der Waals surface area (Å²) in [4.78, 5) is 0. The van der Waals surface area contributed by atoms with Crippen molar-refractivity contribution < 1.29 is 8.42 Å². The minimum Gasteiger partial charge on any atom is -0.229 e. The zero-order valence-corrected chi connectivity index (χ0v) is 11.7. The van der Waals surface area contributed by atoms with Crippen molar-refractivity contribution in [2.75, 3.05) is 11.5 Å². The number of sulfone groups is 1. The predicted octanol–water partition coefficient (Wildman–Crippen LogP) is 2.92. The van der Waals surface area contributed by atoms with Crippen molar-refractivity contribution in [2.24, 2.45) is 11.3 Å². The first-order valence-corrected chi connectivity index (χ1v) is 8.37. The van der Waals surface area contributed by atoms with Gasteiger partial charge in [0.1, 0.15) is 9.84 Å². The molecule has 1 aliphatic carbocycles. The Balaban J connectivity index is 2.57. The van der Waals surface area contributed by atoms with E-state index in [4.69, 9.17) is 0 Å². The van der Waals surface area contributed by atoms with E-state index < -0.39 is 9.84 Å². The molecule has 0 unspecified atom stereocenters. The highest BCUT2D eigenvalue weighted by Gasteiger charge is 2.35. The molecule has 0 aliphatic heterocycles. The first kappa shape index (κ1) is 14.5. The van der Waals surface area contributed by atoms with Gasteiger partial charge in [-0.1, -0.05) is 13.8 Å². The second-order valence-corrected chi connectivity index (χ2v) is 7.78. The summed E-state index contributed by atoms with van der Waals surface area (Å²) in [7, 11) is -2.94. The maximum Gasteiger partial charge on any atom is 0.150 e. The average Bonchev–Trinajstić information content (AvgIpc) is 2.29. The Morgan fingerprint density at radius 1 is 1.29 bits per heavy atom. The molecule has 0 bridgehead atoms. The van der Waals surface area contributed by atoms with Crippen LogP contribution in [0.15, 0.2) is 0 Å². The fraction of sp³-hybridized carbons (Fsp3) is 0.923. The summed E-state index contributed by atoms with van der Waals surface area (Å²) < 4.78 is 23.4. The van der Waals surface area contributed by atoms with E-state index in [0.717, 1.165) is 25.7 Å². The fourth-order valence-electron chi connectivity index (χ4n) is 2.50. The van der Waals surface area contributed by atoms with Crippen LogP contribution in [0.2, 0.25) is 0 Å². The molecular formula is C13H23NO2S. The minimum absolute atomic E-state index is 0.183. The molecule has 3 nitrogen and oxygen atoms in total. The van der Waals surface area contributed by atoms with Crippen molar-refractivity contribution in [3.8, 4) is 6.07 Å². The molecule has 0 aromatic carbocycles. The van der Waals surface area contributed by atoms with Crippen molar-refractivity contribution >= 4 is 9.84 Å². The summed E-state index contributed by atoms with van der Waals surface area (Å²) >= 11 is 0. The standard InChI is InChI=1S/C13H23NO2S/c1-3-9-17(15,16)10-8-13(11-14)6-4-12(2)5-7-13/h12H,3-10H2,1-2H3. The third kappa shape index (κ3) is 4.31. The number of rotatable bonds is 5. The van der Waals surface area contributed by atoms with Crippen molar-refractivity contribution in [3.05, 3.63) is 0 Å². The summed E-state index contributed by atoms with van der Waals surface area (Å²) in [6.07, 6.45) is 5.04. The molecule has 0 spiro atoms. The number of hydrogen-bond donors (Lipinski definition) is 0. The molecule has 0 saturated heterocycles. The largest absolute Gasteiger partial charge is 0.229 e. The maximum atomic E-state index is 11.7. The highest BCUT2D eigenvalue weighted by Crippen LogP contribution is 2.41. The second kappa shape index (κ2) is 5.86. The normalized spacial score (nSPS) is 29.8. The van der Waals surface area contributed by atoms with Crippen LogP contribution in [0.3, 0.4) is 0 Å². The van der Waals surface area contributed by atoms with Crippen LogP contribution < -0.4 is 0 Å². The Hall–Kier alpha value is -0.560. The van der Waals surface area contributed by atoms with E-state index in [1.165, 1.54) is 0 Å². The highest BCUT2D eigenvalue weighted by atomic mass is 32.2. The van der Waals surface area contributed by atoms with Crippen molar-refractivity contribution in [1.82, 2.24) is 0 Å². The Kier molecular flexibility index (Phi) is 5.00. The van der Waals surface area contributed by atoms with Crippen LogP contribution in [0, 0.1) is 22.7 Å². The highest BCUT2D eigenvalue weighted by molar-refractivity contribution is 7.91. The fourth-order valence-corrected chi connectivity index (χ4v) is 4.02. The van der Waals surface area contributed by atoms with Gasteiger partial charge in [0.25, 0.3) is 0 Å². The predicted molar refractivity (Wildman–Crippen MR) is 69.2 cm³/mol. The van der Waals surface area contributed by atoms with Gasteiger partial charge >= 0.3 is 0 Å². The molecule has 4 heteroatoms.